The van der Waals surface area contributed by atoms with Gasteiger partial charge >= 0.3 is 0 Å². The van der Waals surface area contributed by atoms with Crippen LogP contribution in [0.15, 0.2) is 18.2 Å². The molecule has 4 heteroatoms. The molecule has 1 heterocycles. The lowest BCUT2D eigenvalue weighted by Crippen LogP contribution is -2.10. The Kier molecular flexibility index (Phi) is 2.34. The Bertz CT molecular complexity index is 542. The maximum Gasteiger partial charge on any atom is 0.201 e. The molecule has 1 aromatic carbocycles. The number of hydrogen-bond donors (Lipinski definition) is 1. The molecule has 2 aromatic rings. The zero-order chi connectivity index (χ0) is 11.3. The fraction of sp³-hybridized carbons (Fsp3) is 0.417. The van der Waals surface area contributed by atoms with Gasteiger partial charge in [-0.3, -0.25) is 0 Å². The minimum atomic E-state index is 0.477. The molecule has 1 atom stereocenters. The summed E-state index contributed by atoms with van der Waals surface area (Å²) in [5.41, 5.74) is 8.19. The van der Waals surface area contributed by atoms with E-state index in [9.17, 15) is 0 Å². The van der Waals surface area contributed by atoms with E-state index in [-0.39, 0.29) is 0 Å². The maximum atomic E-state index is 6.02. The molecule has 1 fully saturated rings. The summed E-state index contributed by atoms with van der Waals surface area (Å²) in [7, 11) is 0. The van der Waals surface area contributed by atoms with Crippen LogP contribution in [0.3, 0.4) is 0 Å². The molecule has 84 valence electrons. The molecular formula is C12H14IN3. The first-order valence-electron chi connectivity index (χ1n) is 5.60. The second-order valence-electron chi connectivity index (χ2n) is 4.55. The molecule has 16 heavy (non-hydrogen) atoms. The van der Waals surface area contributed by atoms with Crippen LogP contribution < -0.4 is 5.73 Å². The number of nitrogens with zero attached hydrogens (tertiary/aromatic N) is 2. The van der Waals surface area contributed by atoms with Gasteiger partial charge in [0, 0.05) is 9.61 Å². The number of nitrogens with two attached hydrogens (primary N) is 1. The normalized spacial score (nSPS) is 17.9. The molecule has 3 nitrogen and oxygen atoms in total. The molecule has 2 N–H and O–H groups in total. The highest BCUT2D eigenvalue weighted by atomic mass is 127. The second-order valence-corrected chi connectivity index (χ2v) is 5.80. The molecule has 1 aliphatic rings. The van der Waals surface area contributed by atoms with E-state index in [4.69, 9.17) is 5.73 Å². The lowest BCUT2D eigenvalue weighted by atomic mass is 10.2. The maximum absolute atomic E-state index is 6.02. The zero-order valence-electron chi connectivity index (χ0n) is 9.15. The molecular weight excluding hydrogens is 313 g/mol. The third-order valence-electron chi connectivity index (χ3n) is 3.39. The molecule has 0 bridgehead atoms. The zero-order valence-corrected chi connectivity index (χ0v) is 11.3. The van der Waals surface area contributed by atoms with Gasteiger partial charge in [-0.05, 0) is 66.5 Å². The first-order valence-corrected chi connectivity index (χ1v) is 6.67. The van der Waals surface area contributed by atoms with Gasteiger partial charge in [0.1, 0.15) is 0 Å². The monoisotopic (exact) mass is 327 g/mol. The second kappa shape index (κ2) is 3.61. The van der Waals surface area contributed by atoms with Crippen LogP contribution in [0.25, 0.3) is 11.0 Å². The molecule has 0 saturated heterocycles. The summed E-state index contributed by atoms with van der Waals surface area (Å²) in [6, 6.07) is 6.80. The van der Waals surface area contributed by atoms with Crippen molar-refractivity contribution in [3.63, 3.8) is 0 Å². The molecule has 1 unspecified atom stereocenters. The predicted molar refractivity (Wildman–Crippen MR) is 74.3 cm³/mol. The van der Waals surface area contributed by atoms with Crippen LogP contribution in [-0.4, -0.2) is 9.55 Å². The first kappa shape index (κ1) is 10.4. The SMILES string of the molecule is CC(C1CC1)n1c(N)nc2cc(I)ccc21. The smallest absolute Gasteiger partial charge is 0.201 e. The Labute approximate surface area is 108 Å². The van der Waals surface area contributed by atoms with E-state index in [0.29, 0.717) is 12.0 Å². The van der Waals surface area contributed by atoms with Crippen molar-refractivity contribution in [2.45, 2.75) is 25.8 Å². The van der Waals surface area contributed by atoms with Crippen molar-refractivity contribution in [3.05, 3.63) is 21.8 Å². The van der Waals surface area contributed by atoms with Gasteiger partial charge < -0.3 is 10.3 Å². The summed E-state index contributed by atoms with van der Waals surface area (Å²) in [6.07, 6.45) is 2.65. The third-order valence-corrected chi connectivity index (χ3v) is 4.06. The molecule has 0 radical (unpaired) electrons. The Hall–Kier alpha value is -0.780. The molecule has 0 amide bonds. The lowest BCUT2D eigenvalue weighted by molar-refractivity contribution is 0.504. The fourth-order valence-electron chi connectivity index (χ4n) is 2.31. The summed E-state index contributed by atoms with van der Waals surface area (Å²) in [4.78, 5) is 4.44. The van der Waals surface area contributed by atoms with Gasteiger partial charge in [-0.15, -0.1) is 0 Å². The van der Waals surface area contributed by atoms with Crippen LogP contribution >= 0.6 is 22.6 Å². The van der Waals surface area contributed by atoms with Crippen molar-refractivity contribution in [1.29, 1.82) is 0 Å². The Morgan fingerprint density at radius 1 is 1.50 bits per heavy atom. The number of aromatic nitrogens is 2. The highest BCUT2D eigenvalue weighted by molar-refractivity contribution is 14.1. The van der Waals surface area contributed by atoms with Crippen LogP contribution in [-0.2, 0) is 0 Å². The quantitative estimate of drug-likeness (QED) is 0.861. The van der Waals surface area contributed by atoms with Gasteiger partial charge in [-0.1, -0.05) is 0 Å². The van der Waals surface area contributed by atoms with Crippen LogP contribution in [0.2, 0.25) is 0 Å². The van der Waals surface area contributed by atoms with Crippen molar-refractivity contribution in [1.82, 2.24) is 9.55 Å². The van der Waals surface area contributed by atoms with E-state index in [1.54, 1.807) is 0 Å². The number of benzene rings is 1. The molecule has 1 saturated carbocycles. The summed E-state index contributed by atoms with van der Waals surface area (Å²) in [6.45, 7) is 2.24. The summed E-state index contributed by atoms with van der Waals surface area (Å²) >= 11 is 2.30. The molecule has 0 aliphatic heterocycles. The number of halogens is 1. The van der Waals surface area contributed by atoms with E-state index in [2.05, 4.69) is 57.3 Å². The predicted octanol–water partition coefficient (Wildman–Crippen LogP) is 3.19. The Balaban J connectivity index is 2.18. The van der Waals surface area contributed by atoms with Crippen LogP contribution in [0.4, 0.5) is 5.95 Å². The van der Waals surface area contributed by atoms with Crippen LogP contribution in [0.1, 0.15) is 25.8 Å². The molecule has 1 aliphatic carbocycles. The van der Waals surface area contributed by atoms with Gasteiger partial charge in [0.2, 0.25) is 5.95 Å². The third kappa shape index (κ3) is 1.59. The number of rotatable bonds is 2. The number of nitrogen functional groups attached to an aromatic ring is 1. The molecule has 1 aromatic heterocycles. The van der Waals surface area contributed by atoms with Crippen LogP contribution in [0, 0.1) is 9.49 Å². The van der Waals surface area contributed by atoms with Crippen molar-refractivity contribution in [2.75, 3.05) is 5.73 Å². The Morgan fingerprint density at radius 3 is 2.94 bits per heavy atom. The molecule has 0 spiro atoms. The van der Waals surface area contributed by atoms with E-state index in [0.717, 1.165) is 17.0 Å². The van der Waals surface area contributed by atoms with E-state index in [1.807, 2.05) is 0 Å². The average Bonchev–Trinajstić information content (AvgIpc) is 3.01. The van der Waals surface area contributed by atoms with Crippen LogP contribution in [0.5, 0.6) is 0 Å². The van der Waals surface area contributed by atoms with E-state index in [1.165, 1.54) is 16.4 Å². The van der Waals surface area contributed by atoms with Crippen molar-refractivity contribution >= 4 is 39.6 Å². The van der Waals surface area contributed by atoms with Gasteiger partial charge in [0.25, 0.3) is 0 Å². The summed E-state index contributed by atoms with van der Waals surface area (Å²) in [5, 5.41) is 0. The highest BCUT2D eigenvalue weighted by Crippen LogP contribution is 2.41. The van der Waals surface area contributed by atoms with E-state index < -0.39 is 0 Å². The minimum Gasteiger partial charge on any atom is -0.369 e. The average molecular weight is 327 g/mol. The van der Waals surface area contributed by atoms with Gasteiger partial charge in [-0.25, -0.2) is 4.98 Å². The summed E-state index contributed by atoms with van der Waals surface area (Å²) < 4.78 is 3.39. The fourth-order valence-corrected chi connectivity index (χ4v) is 2.78. The number of hydrogen-bond acceptors (Lipinski definition) is 2. The number of fused-ring (bicyclic) bond motifs is 1. The molecule has 3 rings (SSSR count). The minimum absolute atomic E-state index is 0.477. The highest BCUT2D eigenvalue weighted by Gasteiger charge is 2.31. The topological polar surface area (TPSA) is 43.8 Å². The van der Waals surface area contributed by atoms with E-state index >= 15 is 0 Å². The van der Waals surface area contributed by atoms with Gasteiger partial charge in [0.15, 0.2) is 0 Å². The summed E-state index contributed by atoms with van der Waals surface area (Å²) in [5.74, 6) is 1.44. The Morgan fingerprint density at radius 2 is 2.25 bits per heavy atom. The standard InChI is InChI=1S/C12H14IN3/c1-7(8-2-3-8)16-11-5-4-9(13)6-10(11)15-12(16)14/h4-8H,2-3H2,1H3,(H2,14,15). The van der Waals surface area contributed by atoms with Crippen molar-refractivity contribution in [2.24, 2.45) is 5.92 Å². The van der Waals surface area contributed by atoms with Gasteiger partial charge in [-0.2, -0.15) is 0 Å². The lowest BCUT2D eigenvalue weighted by Gasteiger charge is -2.14. The van der Waals surface area contributed by atoms with Crippen molar-refractivity contribution < 1.29 is 0 Å². The number of anilines is 1. The first-order chi connectivity index (χ1) is 7.66. The number of imidazole rings is 1. The van der Waals surface area contributed by atoms with Gasteiger partial charge in [0.05, 0.1) is 11.0 Å². The van der Waals surface area contributed by atoms with Crippen molar-refractivity contribution in [3.8, 4) is 0 Å². The largest absolute Gasteiger partial charge is 0.369 e.